The highest BCUT2D eigenvalue weighted by Crippen LogP contribution is 2.42. The van der Waals surface area contributed by atoms with Crippen molar-refractivity contribution in [3.63, 3.8) is 0 Å². The molecule has 0 saturated heterocycles. The fourth-order valence-corrected chi connectivity index (χ4v) is 4.36. The normalized spacial score (nSPS) is 28.6. The van der Waals surface area contributed by atoms with E-state index in [0.717, 1.165) is 11.4 Å². The van der Waals surface area contributed by atoms with Crippen molar-refractivity contribution in [2.75, 3.05) is 5.32 Å². The molecule has 2 aliphatic rings. The largest absolute Gasteiger partial charge is 0.335 e. The minimum atomic E-state index is -0.136. The van der Waals surface area contributed by atoms with Crippen LogP contribution < -0.4 is 10.6 Å². The highest BCUT2D eigenvalue weighted by atomic mass is 32.1. The lowest BCUT2D eigenvalue weighted by atomic mass is 9.74. The molecule has 1 aromatic rings. The van der Waals surface area contributed by atoms with E-state index < -0.39 is 0 Å². The lowest BCUT2D eigenvalue weighted by molar-refractivity contribution is 0.172. The topological polar surface area (TPSA) is 66.9 Å². The van der Waals surface area contributed by atoms with Gasteiger partial charge in [-0.25, -0.2) is 4.79 Å². The number of anilines is 1. The van der Waals surface area contributed by atoms with Crippen LogP contribution in [-0.4, -0.2) is 22.3 Å². The maximum Gasteiger partial charge on any atom is 0.321 e. The highest BCUT2D eigenvalue weighted by Gasteiger charge is 2.32. The van der Waals surface area contributed by atoms with Gasteiger partial charge in [-0.2, -0.15) is 0 Å². The Morgan fingerprint density at radius 2 is 2.00 bits per heavy atom. The molecule has 0 radical (unpaired) electrons. The molecule has 2 fully saturated rings. The molecular formula is C16H26N4OS. The predicted octanol–water partition coefficient (Wildman–Crippen LogP) is 4.00. The second-order valence-corrected chi connectivity index (χ2v) is 8.26. The third-order valence-corrected chi connectivity index (χ3v) is 5.93. The number of nitrogens with zero attached hydrogens (tertiary/aromatic N) is 2. The molecule has 3 rings (SSSR count). The molecule has 2 N–H and O–H groups in total. The summed E-state index contributed by atoms with van der Waals surface area (Å²) in [5.74, 6) is 2.43. The molecule has 0 bridgehead atoms. The number of amides is 2. The van der Waals surface area contributed by atoms with Gasteiger partial charge in [0, 0.05) is 12.0 Å². The third kappa shape index (κ3) is 3.77. The molecule has 2 amide bonds. The molecule has 5 nitrogen and oxygen atoms in total. The van der Waals surface area contributed by atoms with E-state index >= 15 is 0 Å². The first kappa shape index (κ1) is 15.7. The van der Waals surface area contributed by atoms with E-state index in [1.807, 2.05) is 0 Å². The molecule has 0 aromatic carbocycles. The van der Waals surface area contributed by atoms with E-state index in [9.17, 15) is 4.79 Å². The molecule has 0 unspecified atom stereocenters. The minimum absolute atomic E-state index is 0.136. The van der Waals surface area contributed by atoms with Crippen LogP contribution in [0.2, 0.25) is 0 Å². The first-order chi connectivity index (χ1) is 10.5. The van der Waals surface area contributed by atoms with Crippen LogP contribution in [0.4, 0.5) is 9.93 Å². The predicted molar refractivity (Wildman–Crippen MR) is 89.2 cm³/mol. The smallest absolute Gasteiger partial charge is 0.321 e. The average Bonchev–Trinajstić information content (AvgIpc) is 3.19. The van der Waals surface area contributed by atoms with Crippen LogP contribution in [0.5, 0.6) is 0 Å². The summed E-state index contributed by atoms with van der Waals surface area (Å²) in [5, 5.41) is 15.9. The summed E-state index contributed by atoms with van der Waals surface area (Å²) in [7, 11) is 0. The van der Waals surface area contributed by atoms with Crippen LogP contribution >= 0.6 is 11.3 Å². The second-order valence-electron chi connectivity index (χ2n) is 7.25. The molecule has 2 aliphatic carbocycles. The van der Waals surface area contributed by atoms with E-state index in [4.69, 9.17) is 0 Å². The number of hydrogen-bond acceptors (Lipinski definition) is 4. The Bertz CT molecular complexity index is 526. The highest BCUT2D eigenvalue weighted by molar-refractivity contribution is 7.15. The molecule has 3 atom stereocenters. The van der Waals surface area contributed by atoms with Gasteiger partial charge in [-0.1, -0.05) is 38.5 Å². The van der Waals surface area contributed by atoms with Crippen molar-refractivity contribution >= 4 is 22.5 Å². The minimum Gasteiger partial charge on any atom is -0.335 e. The third-order valence-electron chi connectivity index (χ3n) is 4.93. The van der Waals surface area contributed by atoms with Gasteiger partial charge in [-0.15, -0.1) is 10.2 Å². The standard InChI is InChI=1S/C16H26N4OS/c1-9(2)12-7-4-10(3)8-13(12)17-15(21)18-16-20-19-14(22-16)11-5-6-11/h9-13H,4-8H2,1-3H3,(H2,17,18,20,21)/t10-,12-,13-/m1/s1. The van der Waals surface area contributed by atoms with Crippen LogP contribution in [0.25, 0.3) is 0 Å². The Kier molecular flexibility index (Phi) is 4.66. The Labute approximate surface area is 136 Å². The van der Waals surface area contributed by atoms with Gasteiger partial charge < -0.3 is 5.32 Å². The fraction of sp³-hybridized carbons (Fsp3) is 0.812. The van der Waals surface area contributed by atoms with Crippen molar-refractivity contribution in [3.05, 3.63) is 5.01 Å². The van der Waals surface area contributed by atoms with Gasteiger partial charge in [0.2, 0.25) is 5.13 Å². The number of carbonyl (C=O) groups is 1. The number of hydrogen-bond donors (Lipinski definition) is 2. The van der Waals surface area contributed by atoms with Crippen LogP contribution in [0.3, 0.4) is 0 Å². The molecular weight excluding hydrogens is 296 g/mol. The maximum absolute atomic E-state index is 12.3. The van der Waals surface area contributed by atoms with Crippen LogP contribution in [0.1, 0.15) is 63.8 Å². The SMILES string of the molecule is CC(C)[C@H]1CC[C@@H](C)C[C@H]1NC(=O)Nc1nnc(C2CC2)s1. The molecule has 122 valence electrons. The van der Waals surface area contributed by atoms with Gasteiger partial charge >= 0.3 is 6.03 Å². The molecule has 1 heterocycles. The first-order valence-corrected chi connectivity index (χ1v) is 9.25. The van der Waals surface area contributed by atoms with E-state index in [-0.39, 0.29) is 12.1 Å². The monoisotopic (exact) mass is 322 g/mol. The first-order valence-electron chi connectivity index (χ1n) is 8.44. The number of aromatic nitrogens is 2. The van der Waals surface area contributed by atoms with Crippen molar-refractivity contribution in [3.8, 4) is 0 Å². The zero-order chi connectivity index (χ0) is 15.7. The second kappa shape index (κ2) is 6.52. The van der Waals surface area contributed by atoms with Crippen LogP contribution in [0.15, 0.2) is 0 Å². The summed E-state index contributed by atoms with van der Waals surface area (Å²) < 4.78 is 0. The summed E-state index contributed by atoms with van der Waals surface area (Å²) >= 11 is 1.51. The van der Waals surface area contributed by atoms with Crippen LogP contribution in [0, 0.1) is 17.8 Å². The summed E-state index contributed by atoms with van der Waals surface area (Å²) in [5.41, 5.74) is 0. The summed E-state index contributed by atoms with van der Waals surface area (Å²) in [6.07, 6.45) is 5.95. The Morgan fingerprint density at radius 1 is 1.23 bits per heavy atom. The van der Waals surface area contributed by atoms with Crippen LogP contribution in [-0.2, 0) is 0 Å². The lowest BCUT2D eigenvalue weighted by Gasteiger charge is -2.37. The van der Waals surface area contributed by atoms with E-state index in [0.29, 0.717) is 28.8 Å². The molecule has 1 aromatic heterocycles. The fourth-order valence-electron chi connectivity index (χ4n) is 3.45. The van der Waals surface area contributed by atoms with Crippen molar-refractivity contribution in [1.82, 2.24) is 15.5 Å². The van der Waals surface area contributed by atoms with E-state index in [1.54, 1.807) is 0 Å². The van der Waals surface area contributed by atoms with Crippen molar-refractivity contribution in [1.29, 1.82) is 0 Å². The number of urea groups is 1. The molecule has 22 heavy (non-hydrogen) atoms. The summed E-state index contributed by atoms with van der Waals surface area (Å²) in [6.45, 7) is 6.77. The number of carbonyl (C=O) groups excluding carboxylic acids is 1. The average molecular weight is 322 g/mol. The van der Waals surface area contributed by atoms with Gasteiger partial charge in [-0.3, -0.25) is 5.32 Å². The molecule has 0 aliphatic heterocycles. The van der Waals surface area contributed by atoms with Gasteiger partial charge in [0.25, 0.3) is 0 Å². The molecule has 2 saturated carbocycles. The molecule has 6 heteroatoms. The Morgan fingerprint density at radius 3 is 2.68 bits per heavy atom. The Balaban J connectivity index is 1.56. The van der Waals surface area contributed by atoms with Gasteiger partial charge in [-0.05, 0) is 43.4 Å². The number of rotatable bonds is 4. The molecule has 0 spiro atoms. The quantitative estimate of drug-likeness (QED) is 0.880. The number of nitrogens with one attached hydrogen (secondary N) is 2. The summed E-state index contributed by atoms with van der Waals surface area (Å²) in [6, 6.07) is 0.128. The van der Waals surface area contributed by atoms with Gasteiger partial charge in [0.15, 0.2) is 0 Å². The Hall–Kier alpha value is -1.17. The van der Waals surface area contributed by atoms with Crippen molar-refractivity contribution in [2.24, 2.45) is 17.8 Å². The maximum atomic E-state index is 12.3. The van der Waals surface area contributed by atoms with Gasteiger partial charge in [0.1, 0.15) is 5.01 Å². The zero-order valence-electron chi connectivity index (χ0n) is 13.6. The lowest BCUT2D eigenvalue weighted by Crippen LogP contribution is -2.47. The zero-order valence-corrected chi connectivity index (χ0v) is 14.4. The van der Waals surface area contributed by atoms with Crippen molar-refractivity contribution in [2.45, 2.75) is 64.8 Å². The van der Waals surface area contributed by atoms with E-state index in [1.165, 1.54) is 37.0 Å². The summed E-state index contributed by atoms with van der Waals surface area (Å²) in [4.78, 5) is 12.3. The van der Waals surface area contributed by atoms with Crippen molar-refractivity contribution < 1.29 is 4.79 Å². The van der Waals surface area contributed by atoms with Gasteiger partial charge in [0.05, 0.1) is 0 Å². The van der Waals surface area contributed by atoms with E-state index in [2.05, 4.69) is 41.6 Å².